The Hall–Kier alpha value is -1.88. The normalized spacial score (nSPS) is 12.4. The molecule has 90 valence electrons. The number of nitrogens with two attached hydrogens (primary N) is 1. The number of para-hydroxylation sites is 1. The van der Waals surface area contributed by atoms with Crippen LogP contribution in [0.4, 0.5) is 0 Å². The molecular weight excluding hydrogens is 218 g/mol. The van der Waals surface area contributed by atoms with E-state index >= 15 is 0 Å². The molecule has 1 atom stereocenters. The highest BCUT2D eigenvalue weighted by molar-refractivity contribution is 5.35. The first-order valence-corrected chi connectivity index (χ1v) is 5.44. The molecule has 0 aliphatic rings. The van der Waals surface area contributed by atoms with Gasteiger partial charge in [0, 0.05) is 11.6 Å². The van der Waals surface area contributed by atoms with Crippen LogP contribution >= 0.6 is 0 Å². The van der Waals surface area contributed by atoms with Crippen molar-refractivity contribution in [3.05, 3.63) is 41.2 Å². The van der Waals surface area contributed by atoms with Gasteiger partial charge < -0.3 is 10.5 Å². The van der Waals surface area contributed by atoms with Gasteiger partial charge in [0.2, 0.25) is 0 Å². The van der Waals surface area contributed by atoms with E-state index < -0.39 is 0 Å². The molecule has 2 N–H and O–H groups in total. The van der Waals surface area contributed by atoms with Gasteiger partial charge in [-0.1, -0.05) is 28.5 Å². The Morgan fingerprint density at radius 2 is 2.12 bits per heavy atom. The molecule has 1 aromatic carbocycles. The summed E-state index contributed by atoms with van der Waals surface area (Å²) in [4.78, 5) is 0. The van der Waals surface area contributed by atoms with E-state index in [9.17, 15) is 0 Å². The molecule has 0 saturated carbocycles. The second kappa shape index (κ2) is 4.97. The summed E-state index contributed by atoms with van der Waals surface area (Å²) in [7, 11) is 0. The summed E-state index contributed by atoms with van der Waals surface area (Å²) in [6.07, 6.45) is 0. The zero-order valence-electron chi connectivity index (χ0n) is 9.88. The van der Waals surface area contributed by atoms with E-state index in [2.05, 4.69) is 14.9 Å². The van der Waals surface area contributed by atoms with Crippen LogP contribution < -0.4 is 10.5 Å². The summed E-state index contributed by atoms with van der Waals surface area (Å²) in [5.41, 5.74) is 8.28. The maximum Gasteiger partial charge on any atom is 0.145 e. The minimum Gasteiger partial charge on any atom is -0.487 e. The predicted octanol–water partition coefficient (Wildman–Crippen LogP) is 1.98. The van der Waals surface area contributed by atoms with Gasteiger partial charge in [-0.3, -0.25) is 0 Å². The lowest BCUT2D eigenvalue weighted by Gasteiger charge is -2.12. The van der Waals surface area contributed by atoms with Crippen LogP contribution in [0.2, 0.25) is 0 Å². The standard InChI is InChI=1S/C12H15N3O2/c1-8(13)10-5-3-4-6-12(10)16-7-11-9(2)14-17-15-11/h3-6,8H,7,13H2,1-2H3. The molecule has 0 spiro atoms. The predicted molar refractivity (Wildman–Crippen MR) is 62.4 cm³/mol. The third-order valence-electron chi connectivity index (χ3n) is 2.52. The van der Waals surface area contributed by atoms with Crippen molar-refractivity contribution in [1.82, 2.24) is 10.3 Å². The average Bonchev–Trinajstić information content (AvgIpc) is 2.72. The fourth-order valence-corrected chi connectivity index (χ4v) is 1.51. The molecule has 0 aliphatic carbocycles. The SMILES string of the molecule is Cc1nonc1COc1ccccc1C(C)N. The van der Waals surface area contributed by atoms with Gasteiger partial charge in [0.05, 0.1) is 0 Å². The number of ether oxygens (including phenoxy) is 1. The molecule has 0 bridgehead atoms. The molecule has 0 radical (unpaired) electrons. The highest BCUT2D eigenvalue weighted by atomic mass is 16.6. The van der Waals surface area contributed by atoms with E-state index in [1.807, 2.05) is 38.1 Å². The molecule has 1 aromatic heterocycles. The highest BCUT2D eigenvalue weighted by Gasteiger charge is 2.10. The van der Waals surface area contributed by atoms with E-state index in [0.717, 1.165) is 17.0 Å². The largest absolute Gasteiger partial charge is 0.487 e. The summed E-state index contributed by atoms with van der Waals surface area (Å²) in [6, 6.07) is 7.63. The second-order valence-corrected chi connectivity index (χ2v) is 3.91. The van der Waals surface area contributed by atoms with E-state index in [0.29, 0.717) is 12.3 Å². The first-order chi connectivity index (χ1) is 8.18. The Kier molecular flexibility index (Phi) is 3.39. The van der Waals surface area contributed by atoms with Gasteiger partial charge in [-0.15, -0.1) is 0 Å². The van der Waals surface area contributed by atoms with E-state index in [1.165, 1.54) is 0 Å². The van der Waals surface area contributed by atoms with Crippen molar-refractivity contribution in [2.75, 3.05) is 0 Å². The lowest BCUT2D eigenvalue weighted by molar-refractivity contribution is 0.268. The molecule has 1 heterocycles. The van der Waals surface area contributed by atoms with Crippen LogP contribution in [0.5, 0.6) is 5.75 Å². The Morgan fingerprint density at radius 3 is 2.76 bits per heavy atom. The molecule has 0 fully saturated rings. The van der Waals surface area contributed by atoms with Crippen molar-refractivity contribution in [3.8, 4) is 5.75 Å². The number of aryl methyl sites for hydroxylation is 1. The fourth-order valence-electron chi connectivity index (χ4n) is 1.51. The Balaban J connectivity index is 2.11. The zero-order chi connectivity index (χ0) is 12.3. The molecule has 0 saturated heterocycles. The van der Waals surface area contributed by atoms with Crippen molar-refractivity contribution < 1.29 is 9.37 Å². The number of hydrogen-bond donors (Lipinski definition) is 1. The van der Waals surface area contributed by atoms with Crippen LogP contribution in [0.15, 0.2) is 28.9 Å². The van der Waals surface area contributed by atoms with Crippen molar-refractivity contribution in [2.45, 2.75) is 26.5 Å². The maximum absolute atomic E-state index is 5.87. The van der Waals surface area contributed by atoms with Gasteiger partial charge in [-0.2, -0.15) is 0 Å². The Bertz CT molecular complexity index is 494. The van der Waals surface area contributed by atoms with Crippen LogP contribution in [0.1, 0.15) is 29.9 Å². The lowest BCUT2D eigenvalue weighted by atomic mass is 10.1. The van der Waals surface area contributed by atoms with Gasteiger partial charge in [-0.05, 0) is 19.9 Å². The minimum atomic E-state index is -0.0669. The molecule has 5 nitrogen and oxygen atoms in total. The topological polar surface area (TPSA) is 74.2 Å². The van der Waals surface area contributed by atoms with Crippen LogP contribution in [0, 0.1) is 6.92 Å². The van der Waals surface area contributed by atoms with Gasteiger partial charge >= 0.3 is 0 Å². The van der Waals surface area contributed by atoms with E-state index in [1.54, 1.807) is 0 Å². The maximum atomic E-state index is 5.87. The fraction of sp³-hybridized carbons (Fsp3) is 0.333. The van der Waals surface area contributed by atoms with E-state index in [4.69, 9.17) is 10.5 Å². The highest BCUT2D eigenvalue weighted by Crippen LogP contribution is 2.24. The molecule has 0 aliphatic heterocycles. The van der Waals surface area contributed by atoms with Crippen LogP contribution in [-0.2, 0) is 6.61 Å². The van der Waals surface area contributed by atoms with Gasteiger partial charge in [-0.25, -0.2) is 4.63 Å². The molecule has 2 aromatic rings. The molecule has 2 rings (SSSR count). The van der Waals surface area contributed by atoms with Gasteiger partial charge in [0.25, 0.3) is 0 Å². The summed E-state index contributed by atoms with van der Waals surface area (Å²) in [6.45, 7) is 4.08. The molecule has 17 heavy (non-hydrogen) atoms. The monoisotopic (exact) mass is 233 g/mol. The second-order valence-electron chi connectivity index (χ2n) is 3.91. The van der Waals surface area contributed by atoms with Crippen molar-refractivity contribution in [3.63, 3.8) is 0 Å². The van der Waals surface area contributed by atoms with Crippen molar-refractivity contribution in [1.29, 1.82) is 0 Å². The number of nitrogens with zero attached hydrogens (tertiary/aromatic N) is 2. The quantitative estimate of drug-likeness (QED) is 0.873. The van der Waals surface area contributed by atoms with Crippen molar-refractivity contribution in [2.24, 2.45) is 5.73 Å². The number of rotatable bonds is 4. The van der Waals surface area contributed by atoms with Gasteiger partial charge in [0.15, 0.2) is 0 Å². The Morgan fingerprint density at radius 1 is 1.35 bits per heavy atom. The molecule has 1 unspecified atom stereocenters. The number of hydrogen-bond acceptors (Lipinski definition) is 5. The van der Waals surface area contributed by atoms with Crippen molar-refractivity contribution >= 4 is 0 Å². The van der Waals surface area contributed by atoms with Crippen LogP contribution in [0.3, 0.4) is 0 Å². The molecule has 5 heteroatoms. The van der Waals surface area contributed by atoms with Gasteiger partial charge in [0.1, 0.15) is 23.7 Å². The molecule has 0 amide bonds. The first kappa shape index (κ1) is 11.6. The van der Waals surface area contributed by atoms with Crippen LogP contribution in [-0.4, -0.2) is 10.3 Å². The summed E-state index contributed by atoms with van der Waals surface area (Å²) < 4.78 is 10.3. The zero-order valence-corrected chi connectivity index (χ0v) is 9.88. The summed E-state index contributed by atoms with van der Waals surface area (Å²) >= 11 is 0. The third kappa shape index (κ3) is 2.62. The first-order valence-electron chi connectivity index (χ1n) is 5.44. The van der Waals surface area contributed by atoms with Crippen LogP contribution in [0.25, 0.3) is 0 Å². The summed E-state index contributed by atoms with van der Waals surface area (Å²) in [5, 5.41) is 7.46. The average molecular weight is 233 g/mol. The van der Waals surface area contributed by atoms with E-state index in [-0.39, 0.29) is 6.04 Å². The number of benzene rings is 1. The summed E-state index contributed by atoms with van der Waals surface area (Å²) in [5.74, 6) is 0.768. The Labute approximate surface area is 99.5 Å². The third-order valence-corrected chi connectivity index (χ3v) is 2.52. The number of aromatic nitrogens is 2. The minimum absolute atomic E-state index is 0.0669. The molecular formula is C12H15N3O2. The lowest BCUT2D eigenvalue weighted by Crippen LogP contribution is -2.08. The smallest absolute Gasteiger partial charge is 0.145 e.